The van der Waals surface area contributed by atoms with Crippen molar-refractivity contribution in [1.29, 1.82) is 0 Å². The van der Waals surface area contributed by atoms with Gasteiger partial charge in [-0.3, -0.25) is 0 Å². The van der Waals surface area contributed by atoms with Crippen molar-refractivity contribution in [3.05, 3.63) is 45.8 Å². The van der Waals surface area contributed by atoms with Gasteiger partial charge in [-0.25, -0.2) is 9.97 Å². The monoisotopic (exact) mass is 339 g/mol. The van der Waals surface area contributed by atoms with E-state index in [4.69, 9.17) is 11.6 Å². The fourth-order valence-corrected chi connectivity index (χ4v) is 2.11. The molecule has 0 saturated heterocycles. The quantitative estimate of drug-likeness (QED) is 0.787. The number of aromatic nitrogens is 2. The summed E-state index contributed by atoms with van der Waals surface area (Å²) < 4.78 is 1.01. The van der Waals surface area contributed by atoms with Crippen molar-refractivity contribution in [3.8, 4) is 0 Å². The van der Waals surface area contributed by atoms with Gasteiger partial charge in [-0.15, -0.1) is 0 Å². The van der Waals surface area contributed by atoms with Crippen molar-refractivity contribution >= 4 is 39.0 Å². The van der Waals surface area contributed by atoms with E-state index < -0.39 is 0 Å². The summed E-state index contributed by atoms with van der Waals surface area (Å²) in [6.07, 6.45) is 0. The molecule has 0 aliphatic rings. The molecule has 2 rings (SSSR count). The number of nitrogens with zero attached hydrogens (tertiary/aromatic N) is 2. The Hall–Kier alpha value is -1.13. The maximum Gasteiger partial charge on any atom is 0.137 e. The fourth-order valence-electron chi connectivity index (χ4n) is 1.53. The molecule has 100 valence electrons. The number of benzene rings is 1. The third-order valence-electron chi connectivity index (χ3n) is 2.46. The van der Waals surface area contributed by atoms with Gasteiger partial charge in [0.1, 0.15) is 16.8 Å². The molecule has 0 saturated carbocycles. The van der Waals surface area contributed by atoms with E-state index >= 15 is 0 Å². The molecule has 0 aliphatic heterocycles. The maximum atomic E-state index is 6.05. The van der Waals surface area contributed by atoms with Crippen LogP contribution >= 0.6 is 27.5 Å². The van der Waals surface area contributed by atoms with E-state index in [2.05, 4.69) is 52.0 Å². The minimum Gasteiger partial charge on any atom is -0.340 e. The van der Waals surface area contributed by atoms with E-state index in [9.17, 15) is 0 Å². The van der Waals surface area contributed by atoms with Gasteiger partial charge in [-0.2, -0.15) is 0 Å². The Morgan fingerprint density at radius 3 is 2.53 bits per heavy atom. The predicted octanol–water partition coefficient (Wildman–Crippen LogP) is 4.93. The lowest BCUT2D eigenvalue weighted by Gasteiger charge is -2.17. The number of nitrogens with one attached hydrogen (secondary N) is 1. The van der Waals surface area contributed by atoms with Gasteiger partial charge in [0.2, 0.25) is 0 Å². The number of hydrogen-bond donors (Lipinski definition) is 1. The molecule has 1 aromatic carbocycles. The van der Waals surface area contributed by atoms with E-state index in [1.807, 2.05) is 24.3 Å². The normalized spacial score (nSPS) is 11.4. The average molecular weight is 341 g/mol. The Balaban J connectivity index is 2.33. The van der Waals surface area contributed by atoms with Crippen LogP contribution in [0, 0.1) is 0 Å². The first-order chi connectivity index (χ1) is 8.84. The second-order valence-electron chi connectivity index (χ2n) is 5.28. The first kappa shape index (κ1) is 14.3. The Labute approximate surface area is 126 Å². The van der Waals surface area contributed by atoms with Crippen LogP contribution in [0.2, 0.25) is 5.15 Å². The molecule has 5 heteroatoms. The zero-order chi connectivity index (χ0) is 14.0. The molecule has 0 radical (unpaired) electrons. The average Bonchev–Trinajstić information content (AvgIpc) is 2.26. The molecule has 1 N–H and O–H groups in total. The molecule has 1 heterocycles. The van der Waals surface area contributed by atoms with Crippen molar-refractivity contribution in [2.24, 2.45) is 0 Å². The van der Waals surface area contributed by atoms with Gasteiger partial charge in [0, 0.05) is 21.6 Å². The summed E-state index contributed by atoms with van der Waals surface area (Å²) in [5.41, 5.74) is 0.808. The molecule has 1 aromatic heterocycles. The summed E-state index contributed by atoms with van der Waals surface area (Å²) in [7, 11) is 0. The van der Waals surface area contributed by atoms with Crippen molar-refractivity contribution in [3.63, 3.8) is 0 Å². The minimum atomic E-state index is -0.140. The highest BCUT2D eigenvalue weighted by Crippen LogP contribution is 2.25. The van der Waals surface area contributed by atoms with Crippen LogP contribution in [0.5, 0.6) is 0 Å². The lowest BCUT2D eigenvalue weighted by atomic mass is 9.96. The summed E-state index contributed by atoms with van der Waals surface area (Å²) in [4.78, 5) is 8.78. The summed E-state index contributed by atoms with van der Waals surface area (Å²) in [5.74, 6) is 1.42. The first-order valence-corrected chi connectivity index (χ1v) is 7.09. The molecule has 0 bridgehead atoms. The largest absolute Gasteiger partial charge is 0.340 e. The topological polar surface area (TPSA) is 37.8 Å². The summed E-state index contributed by atoms with van der Waals surface area (Å²) in [6.45, 7) is 6.17. The molecular formula is C14H15BrClN3. The van der Waals surface area contributed by atoms with Crippen molar-refractivity contribution in [2.75, 3.05) is 5.32 Å². The van der Waals surface area contributed by atoms with E-state index in [0.717, 1.165) is 16.0 Å². The molecule has 0 aliphatic carbocycles. The molecule has 0 spiro atoms. The van der Waals surface area contributed by atoms with Gasteiger partial charge in [0.15, 0.2) is 0 Å². The van der Waals surface area contributed by atoms with Crippen molar-refractivity contribution in [2.45, 2.75) is 26.2 Å². The van der Waals surface area contributed by atoms with E-state index in [-0.39, 0.29) is 5.41 Å². The Bertz CT molecular complexity index is 593. The standard InChI is InChI=1S/C14H15BrClN3/c1-14(2,3)13-18-11(16)8-12(19-13)17-10-6-4-5-9(15)7-10/h4-8H,1-3H3,(H,17,18,19). The highest BCUT2D eigenvalue weighted by Gasteiger charge is 2.18. The van der Waals surface area contributed by atoms with E-state index in [0.29, 0.717) is 11.0 Å². The minimum absolute atomic E-state index is 0.140. The maximum absolute atomic E-state index is 6.05. The molecule has 0 amide bonds. The van der Waals surface area contributed by atoms with Crippen LogP contribution in [0.1, 0.15) is 26.6 Å². The second-order valence-corrected chi connectivity index (χ2v) is 6.59. The molecule has 0 unspecified atom stereocenters. The van der Waals surface area contributed by atoms with Crippen molar-refractivity contribution in [1.82, 2.24) is 9.97 Å². The van der Waals surface area contributed by atoms with Gasteiger partial charge >= 0.3 is 0 Å². The fraction of sp³-hybridized carbons (Fsp3) is 0.286. The summed E-state index contributed by atoms with van der Waals surface area (Å²) >= 11 is 9.49. The lowest BCUT2D eigenvalue weighted by molar-refractivity contribution is 0.546. The molecule has 0 fully saturated rings. The highest BCUT2D eigenvalue weighted by atomic mass is 79.9. The molecule has 19 heavy (non-hydrogen) atoms. The van der Waals surface area contributed by atoms with Gasteiger partial charge in [-0.05, 0) is 18.2 Å². The van der Waals surface area contributed by atoms with Crippen LogP contribution in [-0.4, -0.2) is 9.97 Å². The number of halogens is 2. The molecule has 3 nitrogen and oxygen atoms in total. The molecule has 0 atom stereocenters. The SMILES string of the molecule is CC(C)(C)c1nc(Cl)cc(Nc2cccc(Br)c2)n1. The van der Waals surface area contributed by atoms with Gasteiger partial charge in [0.25, 0.3) is 0 Å². The van der Waals surface area contributed by atoms with Crippen LogP contribution in [0.15, 0.2) is 34.8 Å². The number of hydrogen-bond acceptors (Lipinski definition) is 3. The Morgan fingerprint density at radius 2 is 1.89 bits per heavy atom. The van der Waals surface area contributed by atoms with E-state index in [1.165, 1.54) is 0 Å². The van der Waals surface area contributed by atoms with Crippen LogP contribution in [0.4, 0.5) is 11.5 Å². The smallest absolute Gasteiger partial charge is 0.137 e. The number of anilines is 2. The van der Waals surface area contributed by atoms with E-state index in [1.54, 1.807) is 6.07 Å². The third kappa shape index (κ3) is 3.91. The van der Waals surface area contributed by atoms with Crippen LogP contribution in [0.25, 0.3) is 0 Å². The van der Waals surface area contributed by atoms with Gasteiger partial charge < -0.3 is 5.32 Å². The summed E-state index contributed by atoms with van der Waals surface area (Å²) in [6, 6.07) is 9.60. The van der Waals surface area contributed by atoms with Crippen LogP contribution in [0.3, 0.4) is 0 Å². The van der Waals surface area contributed by atoms with Crippen LogP contribution in [-0.2, 0) is 5.41 Å². The lowest BCUT2D eigenvalue weighted by Crippen LogP contribution is -2.16. The zero-order valence-corrected chi connectivity index (χ0v) is 13.4. The second kappa shape index (κ2) is 5.47. The molecular weight excluding hydrogens is 326 g/mol. The van der Waals surface area contributed by atoms with Gasteiger partial charge in [0.05, 0.1) is 0 Å². The predicted molar refractivity (Wildman–Crippen MR) is 83.2 cm³/mol. The Morgan fingerprint density at radius 1 is 1.16 bits per heavy atom. The van der Waals surface area contributed by atoms with Crippen LogP contribution < -0.4 is 5.32 Å². The zero-order valence-electron chi connectivity index (χ0n) is 11.0. The van der Waals surface area contributed by atoms with Gasteiger partial charge in [-0.1, -0.05) is 54.4 Å². The Kier molecular flexibility index (Phi) is 4.11. The number of rotatable bonds is 2. The highest BCUT2D eigenvalue weighted by molar-refractivity contribution is 9.10. The first-order valence-electron chi connectivity index (χ1n) is 5.92. The van der Waals surface area contributed by atoms with Crippen molar-refractivity contribution < 1.29 is 0 Å². The summed E-state index contributed by atoms with van der Waals surface area (Å²) in [5, 5.41) is 3.67. The third-order valence-corrected chi connectivity index (χ3v) is 3.15. The molecule has 2 aromatic rings.